The van der Waals surface area contributed by atoms with E-state index < -0.39 is 0 Å². The Kier molecular flexibility index (Phi) is 11.1. The molecule has 0 rings (SSSR count). The van der Waals surface area contributed by atoms with Crippen molar-refractivity contribution >= 4 is 0 Å². The predicted molar refractivity (Wildman–Crippen MR) is 64.5 cm³/mol. The highest BCUT2D eigenvalue weighted by atomic mass is 16.0. The van der Waals surface area contributed by atoms with Crippen LogP contribution in [-0.2, 0) is 0 Å². The van der Waals surface area contributed by atoms with Crippen molar-refractivity contribution in [3.8, 4) is 0 Å². The maximum Gasteiger partial charge on any atom is 0.0783 e. The summed E-state index contributed by atoms with van der Waals surface area (Å²) in [6.45, 7) is 14.8. The molecule has 2 nitrogen and oxygen atoms in total. The highest BCUT2D eigenvalue weighted by Crippen LogP contribution is 2.12. The molecular formula is C12H30NO+. The summed E-state index contributed by atoms with van der Waals surface area (Å²) in [4.78, 5) is 0. The predicted octanol–water partition coefficient (Wildman–Crippen LogP) is 2.62. The summed E-state index contributed by atoms with van der Waals surface area (Å²) in [6.07, 6.45) is 5.33. The normalized spacial score (nSPS) is 11.1. The lowest BCUT2D eigenvalue weighted by Crippen LogP contribution is -2.50. The van der Waals surface area contributed by atoms with Gasteiger partial charge >= 0.3 is 0 Å². The zero-order chi connectivity index (χ0) is 10.2. The molecule has 88 valence electrons. The van der Waals surface area contributed by atoms with Crippen LogP contribution in [0.2, 0.25) is 0 Å². The smallest absolute Gasteiger partial charge is 0.0783 e. The Morgan fingerprint density at radius 3 is 0.929 bits per heavy atom. The minimum atomic E-state index is 0. The Labute approximate surface area is 90.2 Å². The average molecular weight is 204 g/mol. The van der Waals surface area contributed by atoms with E-state index in [1.54, 1.807) is 0 Å². The van der Waals surface area contributed by atoms with Crippen LogP contribution in [0.25, 0.3) is 0 Å². The molecule has 0 saturated heterocycles. The molecule has 0 amide bonds. The van der Waals surface area contributed by atoms with Gasteiger partial charge in [0.15, 0.2) is 0 Å². The SMILES string of the molecule is CCC[N+](CCC)(CCC)CCC.O. The molecule has 0 aliphatic heterocycles. The van der Waals surface area contributed by atoms with E-state index in [-0.39, 0.29) is 5.48 Å². The van der Waals surface area contributed by atoms with E-state index in [0.29, 0.717) is 0 Å². The fourth-order valence-electron chi connectivity index (χ4n) is 2.57. The van der Waals surface area contributed by atoms with Crippen LogP contribution < -0.4 is 0 Å². The van der Waals surface area contributed by atoms with Gasteiger partial charge < -0.3 is 9.96 Å². The lowest BCUT2D eigenvalue weighted by molar-refractivity contribution is -0.928. The second-order valence-electron chi connectivity index (χ2n) is 4.24. The van der Waals surface area contributed by atoms with Crippen LogP contribution >= 0.6 is 0 Å². The summed E-state index contributed by atoms with van der Waals surface area (Å²) in [5.41, 5.74) is 0. The van der Waals surface area contributed by atoms with E-state index in [1.807, 2.05) is 0 Å². The van der Waals surface area contributed by atoms with E-state index in [4.69, 9.17) is 0 Å². The lowest BCUT2D eigenvalue weighted by atomic mass is 10.2. The monoisotopic (exact) mass is 204 g/mol. The highest BCUT2D eigenvalue weighted by molar-refractivity contribution is 4.43. The van der Waals surface area contributed by atoms with Crippen LogP contribution in [0.5, 0.6) is 0 Å². The van der Waals surface area contributed by atoms with Gasteiger partial charge in [0.1, 0.15) is 0 Å². The Morgan fingerprint density at radius 2 is 0.786 bits per heavy atom. The number of hydrogen-bond donors (Lipinski definition) is 0. The van der Waals surface area contributed by atoms with Gasteiger partial charge in [0.2, 0.25) is 0 Å². The molecule has 0 spiro atoms. The molecule has 2 N–H and O–H groups in total. The first-order chi connectivity index (χ1) is 6.24. The van der Waals surface area contributed by atoms with E-state index in [9.17, 15) is 0 Å². The molecule has 0 saturated carbocycles. The summed E-state index contributed by atoms with van der Waals surface area (Å²) in [7, 11) is 0. The molecule has 0 aliphatic carbocycles. The van der Waals surface area contributed by atoms with Gasteiger partial charge in [0, 0.05) is 0 Å². The number of quaternary nitrogens is 1. The van der Waals surface area contributed by atoms with Crippen molar-refractivity contribution in [1.29, 1.82) is 0 Å². The quantitative estimate of drug-likeness (QED) is 0.544. The van der Waals surface area contributed by atoms with Crippen LogP contribution in [-0.4, -0.2) is 36.1 Å². The number of hydrogen-bond acceptors (Lipinski definition) is 0. The summed E-state index contributed by atoms with van der Waals surface area (Å²) in [5.74, 6) is 0. The number of nitrogens with zero attached hydrogens (tertiary/aromatic N) is 1. The lowest BCUT2D eigenvalue weighted by Gasteiger charge is -2.38. The van der Waals surface area contributed by atoms with E-state index in [2.05, 4.69) is 27.7 Å². The van der Waals surface area contributed by atoms with Gasteiger partial charge in [-0.1, -0.05) is 27.7 Å². The Morgan fingerprint density at radius 1 is 0.571 bits per heavy atom. The molecule has 0 aromatic heterocycles. The second kappa shape index (κ2) is 9.47. The van der Waals surface area contributed by atoms with Crippen molar-refractivity contribution in [3.63, 3.8) is 0 Å². The van der Waals surface area contributed by atoms with E-state index in [0.717, 1.165) is 0 Å². The highest BCUT2D eigenvalue weighted by Gasteiger charge is 2.22. The molecule has 0 aromatic carbocycles. The van der Waals surface area contributed by atoms with Gasteiger partial charge in [-0.25, -0.2) is 0 Å². The molecule has 0 atom stereocenters. The van der Waals surface area contributed by atoms with Crippen LogP contribution in [0.1, 0.15) is 53.4 Å². The van der Waals surface area contributed by atoms with Crippen molar-refractivity contribution in [3.05, 3.63) is 0 Å². The third-order valence-corrected chi connectivity index (χ3v) is 2.79. The fourth-order valence-corrected chi connectivity index (χ4v) is 2.57. The molecule has 0 unspecified atom stereocenters. The molecular weight excluding hydrogens is 174 g/mol. The van der Waals surface area contributed by atoms with Gasteiger partial charge in [-0.05, 0) is 25.7 Å². The molecule has 0 heterocycles. The fraction of sp³-hybridized carbons (Fsp3) is 1.00. The molecule has 0 fully saturated rings. The maximum atomic E-state index is 2.31. The van der Waals surface area contributed by atoms with Crippen LogP contribution in [0.4, 0.5) is 0 Å². The third-order valence-electron chi connectivity index (χ3n) is 2.79. The first-order valence-corrected chi connectivity index (χ1v) is 6.09. The van der Waals surface area contributed by atoms with E-state index in [1.165, 1.54) is 56.3 Å². The minimum Gasteiger partial charge on any atom is -0.412 e. The van der Waals surface area contributed by atoms with E-state index >= 15 is 0 Å². The van der Waals surface area contributed by atoms with Gasteiger partial charge in [0.25, 0.3) is 0 Å². The first kappa shape index (κ1) is 16.4. The Hall–Kier alpha value is -0.0800. The molecule has 0 radical (unpaired) electrons. The number of rotatable bonds is 8. The summed E-state index contributed by atoms with van der Waals surface area (Å²) >= 11 is 0. The molecule has 0 aliphatic rings. The Bertz CT molecular complexity index is 85.4. The van der Waals surface area contributed by atoms with Gasteiger partial charge in [-0.3, -0.25) is 0 Å². The summed E-state index contributed by atoms with van der Waals surface area (Å²) in [5, 5.41) is 0. The van der Waals surface area contributed by atoms with Gasteiger partial charge in [-0.15, -0.1) is 0 Å². The largest absolute Gasteiger partial charge is 0.412 e. The Balaban J connectivity index is 0. The van der Waals surface area contributed by atoms with Crippen LogP contribution in [0.15, 0.2) is 0 Å². The molecule has 0 aromatic rings. The van der Waals surface area contributed by atoms with Crippen molar-refractivity contribution in [2.45, 2.75) is 53.4 Å². The maximum absolute atomic E-state index is 2.31. The third kappa shape index (κ3) is 5.61. The summed E-state index contributed by atoms with van der Waals surface area (Å²) < 4.78 is 1.38. The summed E-state index contributed by atoms with van der Waals surface area (Å²) in [6, 6.07) is 0. The van der Waals surface area contributed by atoms with Crippen LogP contribution in [0, 0.1) is 0 Å². The standard InChI is InChI=1S/C12H28N.H2O/c1-5-9-13(10-6-2,11-7-3)12-8-4;/h5-12H2,1-4H3;1H2/q+1;. The topological polar surface area (TPSA) is 31.5 Å². The van der Waals surface area contributed by atoms with Crippen molar-refractivity contribution in [1.82, 2.24) is 0 Å². The minimum absolute atomic E-state index is 0. The van der Waals surface area contributed by atoms with Crippen molar-refractivity contribution < 1.29 is 9.96 Å². The average Bonchev–Trinajstić information content (AvgIpc) is 2.06. The molecule has 0 bridgehead atoms. The van der Waals surface area contributed by atoms with Crippen molar-refractivity contribution in [2.75, 3.05) is 26.2 Å². The van der Waals surface area contributed by atoms with Gasteiger partial charge in [0.05, 0.1) is 26.2 Å². The van der Waals surface area contributed by atoms with Gasteiger partial charge in [-0.2, -0.15) is 0 Å². The van der Waals surface area contributed by atoms with Crippen molar-refractivity contribution in [2.24, 2.45) is 0 Å². The molecule has 2 heteroatoms. The second-order valence-corrected chi connectivity index (χ2v) is 4.24. The molecule has 14 heavy (non-hydrogen) atoms. The zero-order valence-electron chi connectivity index (χ0n) is 10.6. The first-order valence-electron chi connectivity index (χ1n) is 6.09. The zero-order valence-corrected chi connectivity index (χ0v) is 10.6. The van der Waals surface area contributed by atoms with Crippen LogP contribution in [0.3, 0.4) is 0 Å².